The Hall–Kier alpha value is -3.62. The summed E-state index contributed by atoms with van der Waals surface area (Å²) in [5.74, 6) is -0.441. The molecular formula is C25H32N4O5. The summed E-state index contributed by atoms with van der Waals surface area (Å²) < 4.78 is 11.7. The molecule has 9 heteroatoms. The van der Waals surface area contributed by atoms with Gasteiger partial charge in [-0.1, -0.05) is 6.07 Å². The maximum atomic E-state index is 13.4. The molecule has 0 saturated carbocycles. The highest BCUT2D eigenvalue weighted by Gasteiger charge is 2.34. The van der Waals surface area contributed by atoms with Crippen molar-refractivity contribution in [2.24, 2.45) is 0 Å². The largest absolute Gasteiger partial charge is 0.485 e. The molecule has 1 aromatic carbocycles. The second-order valence-electron chi connectivity index (χ2n) is 9.52. The number of hydrogen-bond acceptors (Lipinski definition) is 6. The SMILES string of the molecule is CC(C)N1C[C@@H](CN(C)C(=O)OC(C)(C)C)Oc2c(C(=O)Nc3ccncc3)cccc2C1=O. The number of carbonyl (C=O) groups excluding carboxylic acids is 3. The molecule has 1 aliphatic heterocycles. The molecule has 3 rings (SSSR count). The zero-order valence-electron chi connectivity index (χ0n) is 20.5. The molecule has 1 N–H and O–H groups in total. The van der Waals surface area contributed by atoms with Crippen LogP contribution in [-0.2, 0) is 4.74 Å². The van der Waals surface area contributed by atoms with Crippen LogP contribution < -0.4 is 10.1 Å². The maximum Gasteiger partial charge on any atom is 0.410 e. The minimum absolute atomic E-state index is 0.106. The number of para-hydroxylation sites is 1. The predicted molar refractivity (Wildman–Crippen MR) is 128 cm³/mol. The molecule has 182 valence electrons. The Bertz CT molecular complexity index is 1050. The highest BCUT2D eigenvalue weighted by Crippen LogP contribution is 2.31. The van der Waals surface area contributed by atoms with E-state index >= 15 is 0 Å². The fourth-order valence-electron chi connectivity index (χ4n) is 3.57. The molecule has 0 fully saturated rings. The number of nitrogens with zero attached hydrogens (tertiary/aromatic N) is 3. The standard InChI is InChI=1S/C25H32N4O5/c1-16(2)29-15-18(14-28(6)24(32)34-25(3,4)5)33-21-19(8-7-9-20(21)23(29)31)22(30)27-17-10-12-26-13-11-17/h7-13,16,18H,14-15H2,1-6H3,(H,26,27,30)/t18-/m1/s1. The van der Waals surface area contributed by atoms with Crippen LogP contribution in [0.2, 0.25) is 0 Å². The molecule has 1 aliphatic rings. The molecule has 2 heterocycles. The van der Waals surface area contributed by atoms with E-state index in [4.69, 9.17) is 9.47 Å². The monoisotopic (exact) mass is 468 g/mol. The van der Waals surface area contributed by atoms with Crippen LogP contribution in [-0.4, -0.2) is 70.6 Å². The number of hydrogen-bond donors (Lipinski definition) is 1. The molecule has 0 radical (unpaired) electrons. The van der Waals surface area contributed by atoms with E-state index in [1.807, 2.05) is 13.8 Å². The van der Waals surface area contributed by atoms with Gasteiger partial charge in [0, 0.05) is 31.2 Å². The maximum absolute atomic E-state index is 13.4. The molecule has 3 amide bonds. The summed E-state index contributed by atoms with van der Waals surface area (Å²) in [7, 11) is 1.62. The fraction of sp³-hybridized carbons (Fsp3) is 0.440. The molecule has 2 aromatic rings. The Morgan fingerprint density at radius 2 is 1.91 bits per heavy atom. The van der Waals surface area contributed by atoms with Gasteiger partial charge in [-0.2, -0.15) is 0 Å². The van der Waals surface area contributed by atoms with Gasteiger partial charge < -0.3 is 24.6 Å². The first-order valence-corrected chi connectivity index (χ1v) is 11.2. The average Bonchev–Trinajstić information content (AvgIpc) is 2.89. The minimum atomic E-state index is -0.638. The summed E-state index contributed by atoms with van der Waals surface area (Å²) in [4.78, 5) is 46.0. The van der Waals surface area contributed by atoms with Crippen LogP contribution in [0.3, 0.4) is 0 Å². The molecule has 1 atom stereocenters. The molecule has 0 aliphatic carbocycles. The van der Waals surface area contributed by atoms with Crippen molar-refractivity contribution < 1.29 is 23.9 Å². The highest BCUT2D eigenvalue weighted by atomic mass is 16.6. The van der Waals surface area contributed by atoms with E-state index in [-0.39, 0.29) is 36.4 Å². The Morgan fingerprint density at radius 1 is 1.24 bits per heavy atom. The van der Waals surface area contributed by atoms with E-state index < -0.39 is 23.7 Å². The van der Waals surface area contributed by atoms with Gasteiger partial charge in [0.1, 0.15) is 17.5 Å². The highest BCUT2D eigenvalue weighted by molar-refractivity contribution is 6.09. The summed E-state index contributed by atoms with van der Waals surface area (Å²) in [6.45, 7) is 9.64. The first-order valence-electron chi connectivity index (χ1n) is 11.2. The normalized spacial score (nSPS) is 15.8. The second-order valence-corrected chi connectivity index (χ2v) is 9.52. The van der Waals surface area contributed by atoms with Gasteiger partial charge in [0.05, 0.1) is 24.2 Å². The molecule has 0 unspecified atom stereocenters. The van der Waals surface area contributed by atoms with Gasteiger partial charge in [-0.25, -0.2) is 4.79 Å². The first-order chi connectivity index (χ1) is 16.0. The third-order valence-electron chi connectivity index (χ3n) is 5.18. The zero-order valence-corrected chi connectivity index (χ0v) is 20.5. The van der Waals surface area contributed by atoms with Gasteiger partial charge in [-0.05, 0) is 58.9 Å². The third-order valence-corrected chi connectivity index (χ3v) is 5.18. The van der Waals surface area contributed by atoms with Gasteiger partial charge in [-0.3, -0.25) is 14.6 Å². The lowest BCUT2D eigenvalue weighted by Crippen LogP contribution is -2.47. The lowest BCUT2D eigenvalue weighted by molar-refractivity contribution is 0.0201. The van der Waals surface area contributed by atoms with Crippen molar-refractivity contribution in [3.8, 4) is 5.75 Å². The van der Waals surface area contributed by atoms with Crippen molar-refractivity contribution in [2.75, 3.05) is 25.5 Å². The predicted octanol–water partition coefficient (Wildman–Crippen LogP) is 3.81. The number of benzene rings is 1. The number of ether oxygens (including phenoxy) is 2. The number of rotatable bonds is 5. The van der Waals surface area contributed by atoms with Gasteiger partial charge in [-0.15, -0.1) is 0 Å². The average molecular weight is 469 g/mol. The number of pyridine rings is 1. The summed E-state index contributed by atoms with van der Waals surface area (Å²) in [6, 6.07) is 8.16. The number of likely N-dealkylation sites (N-methyl/N-ethyl adjacent to an activating group) is 1. The van der Waals surface area contributed by atoms with Crippen LogP contribution in [0, 0.1) is 0 Å². The summed E-state index contributed by atoms with van der Waals surface area (Å²) in [5, 5.41) is 2.81. The summed E-state index contributed by atoms with van der Waals surface area (Å²) in [5.41, 5.74) is 0.472. The van der Waals surface area contributed by atoms with Crippen molar-refractivity contribution >= 4 is 23.6 Å². The lowest BCUT2D eigenvalue weighted by Gasteiger charge is -2.30. The summed E-state index contributed by atoms with van der Waals surface area (Å²) in [6.07, 6.45) is 2.08. The van der Waals surface area contributed by atoms with E-state index in [0.29, 0.717) is 11.3 Å². The molecule has 1 aromatic heterocycles. The smallest absolute Gasteiger partial charge is 0.410 e. The number of carbonyl (C=O) groups is 3. The van der Waals surface area contributed by atoms with Gasteiger partial charge in [0.2, 0.25) is 0 Å². The number of amides is 3. The van der Waals surface area contributed by atoms with E-state index in [1.165, 1.54) is 4.90 Å². The molecule has 9 nitrogen and oxygen atoms in total. The van der Waals surface area contributed by atoms with E-state index in [1.54, 1.807) is 75.4 Å². The van der Waals surface area contributed by atoms with E-state index in [0.717, 1.165) is 0 Å². The van der Waals surface area contributed by atoms with Gasteiger partial charge >= 0.3 is 6.09 Å². The Morgan fingerprint density at radius 3 is 2.53 bits per heavy atom. The van der Waals surface area contributed by atoms with Crippen molar-refractivity contribution in [2.45, 2.75) is 52.4 Å². The molecule has 34 heavy (non-hydrogen) atoms. The number of fused-ring (bicyclic) bond motifs is 1. The van der Waals surface area contributed by atoms with Crippen molar-refractivity contribution in [3.63, 3.8) is 0 Å². The van der Waals surface area contributed by atoms with Crippen molar-refractivity contribution in [1.29, 1.82) is 0 Å². The van der Waals surface area contributed by atoms with Crippen LogP contribution >= 0.6 is 0 Å². The van der Waals surface area contributed by atoms with Crippen LogP contribution in [0.25, 0.3) is 0 Å². The summed E-state index contributed by atoms with van der Waals surface area (Å²) >= 11 is 0. The molecule has 0 spiro atoms. The number of anilines is 1. The van der Waals surface area contributed by atoms with Gasteiger partial charge in [0.25, 0.3) is 11.8 Å². The molecular weight excluding hydrogens is 436 g/mol. The zero-order chi connectivity index (χ0) is 25.0. The van der Waals surface area contributed by atoms with E-state index in [2.05, 4.69) is 10.3 Å². The first kappa shape index (κ1) is 25.0. The van der Waals surface area contributed by atoms with Gasteiger partial charge in [0.15, 0.2) is 0 Å². The number of nitrogens with one attached hydrogen (secondary N) is 1. The van der Waals surface area contributed by atoms with E-state index in [9.17, 15) is 14.4 Å². The topological polar surface area (TPSA) is 101 Å². The van der Waals surface area contributed by atoms with Crippen LogP contribution in [0.15, 0.2) is 42.7 Å². The molecule has 0 saturated heterocycles. The lowest BCUT2D eigenvalue weighted by atomic mass is 10.1. The quantitative estimate of drug-likeness (QED) is 0.716. The third kappa shape index (κ3) is 6.03. The van der Waals surface area contributed by atoms with Crippen LogP contribution in [0.4, 0.5) is 10.5 Å². The van der Waals surface area contributed by atoms with Crippen LogP contribution in [0.5, 0.6) is 5.75 Å². The Balaban J connectivity index is 1.92. The molecule has 0 bridgehead atoms. The fourth-order valence-corrected chi connectivity index (χ4v) is 3.57. The Labute approximate surface area is 200 Å². The number of aromatic nitrogens is 1. The van der Waals surface area contributed by atoms with Crippen molar-refractivity contribution in [1.82, 2.24) is 14.8 Å². The minimum Gasteiger partial charge on any atom is -0.485 e. The van der Waals surface area contributed by atoms with Crippen LogP contribution in [0.1, 0.15) is 55.3 Å². The Kier molecular flexibility index (Phi) is 7.44. The second kappa shape index (κ2) is 10.1. The van der Waals surface area contributed by atoms with Crippen molar-refractivity contribution in [3.05, 3.63) is 53.9 Å².